The number of unbranched alkanes of at least 4 members (excludes halogenated alkanes) is 1. The molecule has 0 N–H and O–H groups in total. The van der Waals surface area contributed by atoms with Crippen molar-refractivity contribution >= 4 is 33.4 Å². The highest BCUT2D eigenvalue weighted by Gasteiger charge is 2.10. The molecule has 0 atom stereocenters. The predicted octanol–water partition coefficient (Wildman–Crippen LogP) is 3.74. The van der Waals surface area contributed by atoms with Crippen molar-refractivity contribution in [3.63, 3.8) is 0 Å². The second kappa shape index (κ2) is 4.99. The molecule has 0 radical (unpaired) electrons. The maximum Gasteiger partial charge on any atom is 0.343 e. The molecule has 2 rings (SSSR count). The van der Waals surface area contributed by atoms with Gasteiger partial charge in [-0.1, -0.05) is 31.5 Å². The first-order valence-electron chi connectivity index (χ1n) is 5.44. The molecule has 0 fully saturated rings. The molecule has 2 nitrogen and oxygen atoms in total. The van der Waals surface area contributed by atoms with E-state index in [2.05, 4.69) is 29.5 Å². The summed E-state index contributed by atoms with van der Waals surface area (Å²) in [6.45, 7) is 2.13. The molecule has 0 aliphatic heterocycles. The molecular weight excluding hydrogens is 315 g/mol. The van der Waals surface area contributed by atoms with Gasteiger partial charge in [0, 0.05) is 11.8 Å². The minimum Gasteiger partial charge on any atom is -0.426 e. The van der Waals surface area contributed by atoms with Crippen molar-refractivity contribution in [1.29, 1.82) is 0 Å². The molecule has 3 heteroatoms. The molecule has 2 aromatic rings. The molecule has 16 heavy (non-hydrogen) atoms. The lowest BCUT2D eigenvalue weighted by molar-refractivity contribution is 0.456. The van der Waals surface area contributed by atoms with Gasteiger partial charge in [-0.2, -0.15) is 0 Å². The summed E-state index contributed by atoms with van der Waals surface area (Å²) < 4.78 is 6.43. The zero-order valence-electron chi connectivity index (χ0n) is 9.13. The van der Waals surface area contributed by atoms with Crippen LogP contribution in [0.25, 0.3) is 10.8 Å². The van der Waals surface area contributed by atoms with Crippen LogP contribution in [0, 0.1) is 3.57 Å². The van der Waals surface area contributed by atoms with Crippen LogP contribution in [0.5, 0.6) is 0 Å². The highest BCUT2D eigenvalue weighted by molar-refractivity contribution is 14.1. The van der Waals surface area contributed by atoms with E-state index in [1.807, 2.05) is 24.3 Å². The van der Waals surface area contributed by atoms with Crippen molar-refractivity contribution in [3.8, 4) is 0 Å². The van der Waals surface area contributed by atoms with Gasteiger partial charge in [0.05, 0.1) is 8.96 Å². The van der Waals surface area contributed by atoms with Crippen molar-refractivity contribution < 1.29 is 4.42 Å². The van der Waals surface area contributed by atoms with Gasteiger partial charge in [-0.15, -0.1) is 0 Å². The van der Waals surface area contributed by atoms with Crippen LogP contribution < -0.4 is 5.63 Å². The molecule has 0 unspecified atom stereocenters. The third kappa shape index (κ3) is 2.14. The summed E-state index contributed by atoms with van der Waals surface area (Å²) in [5.41, 5.74) is -0.220. The Hall–Kier alpha value is -0.840. The minimum atomic E-state index is -0.220. The molecule has 0 saturated heterocycles. The third-order valence-corrected chi connectivity index (χ3v) is 3.78. The molecule has 1 aromatic heterocycles. The number of hydrogen-bond donors (Lipinski definition) is 0. The third-order valence-electron chi connectivity index (χ3n) is 2.60. The van der Waals surface area contributed by atoms with Gasteiger partial charge in [-0.05, 0) is 35.1 Å². The quantitative estimate of drug-likeness (QED) is 0.804. The highest BCUT2D eigenvalue weighted by Crippen LogP contribution is 2.22. The number of rotatable bonds is 3. The number of benzene rings is 1. The van der Waals surface area contributed by atoms with Gasteiger partial charge in [0.1, 0.15) is 5.76 Å². The molecule has 1 aromatic carbocycles. The summed E-state index contributed by atoms with van der Waals surface area (Å²) in [5, 5.41) is 1.68. The lowest BCUT2D eigenvalue weighted by Crippen LogP contribution is -2.05. The zero-order valence-corrected chi connectivity index (χ0v) is 11.3. The lowest BCUT2D eigenvalue weighted by Gasteiger charge is -2.05. The van der Waals surface area contributed by atoms with Crippen LogP contribution in [0.4, 0.5) is 0 Å². The van der Waals surface area contributed by atoms with Crippen LogP contribution in [-0.4, -0.2) is 0 Å². The first-order valence-corrected chi connectivity index (χ1v) is 6.52. The average Bonchev–Trinajstić information content (AvgIpc) is 2.32. The van der Waals surface area contributed by atoms with Crippen LogP contribution in [0.3, 0.4) is 0 Å². The summed E-state index contributed by atoms with van der Waals surface area (Å²) in [5.74, 6) is 0.825. The fourth-order valence-electron chi connectivity index (χ4n) is 1.71. The standard InChI is InChI=1S/C13H13IO2/c1-2-3-8-11-12(14)9-6-4-5-7-10(9)13(15)16-11/h4-7H,2-3,8H2,1H3. The van der Waals surface area contributed by atoms with E-state index in [0.29, 0.717) is 5.39 Å². The van der Waals surface area contributed by atoms with Crippen molar-refractivity contribution in [2.75, 3.05) is 0 Å². The number of aryl methyl sites for hydroxylation is 1. The lowest BCUT2D eigenvalue weighted by atomic mass is 10.1. The summed E-state index contributed by atoms with van der Waals surface area (Å²) in [4.78, 5) is 11.7. The first kappa shape index (κ1) is 11.6. The Kier molecular flexibility index (Phi) is 3.63. The van der Waals surface area contributed by atoms with Crippen LogP contribution >= 0.6 is 22.6 Å². The van der Waals surface area contributed by atoms with E-state index in [1.165, 1.54) is 0 Å². The number of halogens is 1. The van der Waals surface area contributed by atoms with Crippen molar-refractivity contribution in [2.45, 2.75) is 26.2 Å². The van der Waals surface area contributed by atoms with Gasteiger partial charge in [0.25, 0.3) is 0 Å². The van der Waals surface area contributed by atoms with Crippen LogP contribution in [0.15, 0.2) is 33.5 Å². The molecule has 0 saturated carbocycles. The van der Waals surface area contributed by atoms with Crippen LogP contribution in [0.2, 0.25) is 0 Å². The molecule has 0 spiro atoms. The van der Waals surface area contributed by atoms with E-state index in [0.717, 1.165) is 34.0 Å². The van der Waals surface area contributed by atoms with Gasteiger partial charge < -0.3 is 4.42 Å². The summed E-state index contributed by atoms with van der Waals surface area (Å²) in [6, 6.07) is 7.60. The summed E-state index contributed by atoms with van der Waals surface area (Å²) in [6.07, 6.45) is 3.00. The fraction of sp³-hybridized carbons (Fsp3) is 0.308. The number of fused-ring (bicyclic) bond motifs is 1. The Labute approximate surface area is 108 Å². The number of hydrogen-bond acceptors (Lipinski definition) is 2. The minimum absolute atomic E-state index is 0.220. The summed E-state index contributed by atoms with van der Waals surface area (Å²) in [7, 11) is 0. The largest absolute Gasteiger partial charge is 0.426 e. The Bertz CT molecular complexity index is 557. The molecular formula is C13H13IO2. The van der Waals surface area contributed by atoms with Crippen molar-refractivity contribution in [1.82, 2.24) is 0 Å². The molecule has 84 valence electrons. The SMILES string of the molecule is CCCCc1oc(=O)c2ccccc2c1I. The second-order valence-electron chi connectivity index (χ2n) is 3.78. The van der Waals surface area contributed by atoms with E-state index in [9.17, 15) is 4.79 Å². The van der Waals surface area contributed by atoms with E-state index in [1.54, 1.807) is 0 Å². The molecule has 0 aliphatic carbocycles. The monoisotopic (exact) mass is 328 g/mol. The topological polar surface area (TPSA) is 30.2 Å². The Morgan fingerprint density at radius 2 is 1.94 bits per heavy atom. The maximum atomic E-state index is 11.7. The van der Waals surface area contributed by atoms with Gasteiger partial charge >= 0.3 is 5.63 Å². The van der Waals surface area contributed by atoms with E-state index < -0.39 is 0 Å². The maximum absolute atomic E-state index is 11.7. The Balaban J connectivity index is 2.61. The molecule has 1 heterocycles. The van der Waals surface area contributed by atoms with E-state index in [4.69, 9.17) is 4.42 Å². The zero-order chi connectivity index (χ0) is 11.5. The molecule has 0 amide bonds. The van der Waals surface area contributed by atoms with Gasteiger partial charge in [0.15, 0.2) is 0 Å². The molecule has 0 aliphatic rings. The van der Waals surface area contributed by atoms with Crippen molar-refractivity contribution in [3.05, 3.63) is 44.0 Å². The Morgan fingerprint density at radius 1 is 1.25 bits per heavy atom. The predicted molar refractivity (Wildman–Crippen MR) is 73.8 cm³/mol. The Morgan fingerprint density at radius 3 is 2.62 bits per heavy atom. The fourth-order valence-corrected chi connectivity index (χ4v) is 2.56. The van der Waals surface area contributed by atoms with Crippen molar-refractivity contribution in [2.24, 2.45) is 0 Å². The first-order chi connectivity index (χ1) is 7.74. The normalized spacial score (nSPS) is 10.9. The van der Waals surface area contributed by atoms with Crippen LogP contribution in [-0.2, 0) is 6.42 Å². The van der Waals surface area contributed by atoms with E-state index >= 15 is 0 Å². The summed E-state index contributed by atoms with van der Waals surface area (Å²) >= 11 is 2.26. The van der Waals surface area contributed by atoms with Gasteiger partial charge in [-0.3, -0.25) is 0 Å². The average molecular weight is 328 g/mol. The highest BCUT2D eigenvalue weighted by atomic mass is 127. The van der Waals surface area contributed by atoms with E-state index in [-0.39, 0.29) is 5.63 Å². The van der Waals surface area contributed by atoms with Gasteiger partial charge in [-0.25, -0.2) is 4.79 Å². The van der Waals surface area contributed by atoms with Gasteiger partial charge in [0.2, 0.25) is 0 Å². The second-order valence-corrected chi connectivity index (χ2v) is 4.85. The van der Waals surface area contributed by atoms with Crippen LogP contribution in [0.1, 0.15) is 25.5 Å². The smallest absolute Gasteiger partial charge is 0.343 e. The molecule has 0 bridgehead atoms.